The van der Waals surface area contributed by atoms with E-state index in [1.54, 1.807) is 0 Å². The first-order valence-corrected chi connectivity index (χ1v) is 6.24. The lowest BCUT2D eigenvalue weighted by atomic mass is 9.97. The van der Waals surface area contributed by atoms with Gasteiger partial charge in [0, 0.05) is 19.6 Å². The van der Waals surface area contributed by atoms with Gasteiger partial charge in [0.1, 0.15) is 5.60 Å². The molecule has 0 aromatic rings. The Kier molecular flexibility index (Phi) is 5.58. The van der Waals surface area contributed by atoms with Crippen molar-refractivity contribution >= 4 is 0 Å². The fourth-order valence-corrected chi connectivity index (χ4v) is 1.98. The van der Waals surface area contributed by atoms with Gasteiger partial charge in [0.25, 0.3) is 0 Å². The molecular formula is C12H25NO2. The topological polar surface area (TPSA) is 41.5 Å². The summed E-state index contributed by atoms with van der Waals surface area (Å²) in [6.07, 6.45) is 5.81. The Morgan fingerprint density at radius 3 is 2.80 bits per heavy atom. The van der Waals surface area contributed by atoms with E-state index in [0.29, 0.717) is 13.2 Å². The van der Waals surface area contributed by atoms with E-state index in [0.717, 1.165) is 13.0 Å². The second-order valence-electron chi connectivity index (χ2n) is 4.60. The average Bonchev–Trinajstić information content (AvgIpc) is 2.54. The predicted octanol–water partition coefficient (Wildman–Crippen LogP) is 1.70. The van der Waals surface area contributed by atoms with Crippen LogP contribution in [0.15, 0.2) is 0 Å². The largest absolute Gasteiger partial charge is 0.386 e. The van der Waals surface area contributed by atoms with Gasteiger partial charge in [-0.3, -0.25) is 0 Å². The van der Waals surface area contributed by atoms with Crippen LogP contribution in [0, 0.1) is 0 Å². The molecule has 2 atom stereocenters. The molecule has 0 aliphatic carbocycles. The van der Waals surface area contributed by atoms with E-state index >= 15 is 0 Å². The van der Waals surface area contributed by atoms with E-state index in [4.69, 9.17) is 4.74 Å². The van der Waals surface area contributed by atoms with Gasteiger partial charge in [-0.1, -0.05) is 26.2 Å². The quantitative estimate of drug-likeness (QED) is 0.635. The molecule has 1 heterocycles. The van der Waals surface area contributed by atoms with Crippen molar-refractivity contribution < 1.29 is 9.84 Å². The van der Waals surface area contributed by atoms with Crippen LogP contribution in [0.5, 0.6) is 0 Å². The highest BCUT2D eigenvalue weighted by Crippen LogP contribution is 2.24. The number of hydrogen-bond acceptors (Lipinski definition) is 3. The van der Waals surface area contributed by atoms with E-state index in [1.165, 1.54) is 25.7 Å². The van der Waals surface area contributed by atoms with E-state index in [9.17, 15) is 5.11 Å². The molecule has 1 saturated heterocycles. The summed E-state index contributed by atoms with van der Waals surface area (Å²) in [7, 11) is 0. The van der Waals surface area contributed by atoms with Gasteiger partial charge < -0.3 is 15.2 Å². The van der Waals surface area contributed by atoms with E-state index in [1.807, 2.05) is 6.92 Å². The third kappa shape index (κ3) is 4.09. The third-order valence-electron chi connectivity index (χ3n) is 3.30. The Morgan fingerprint density at radius 2 is 2.20 bits per heavy atom. The van der Waals surface area contributed by atoms with Crippen LogP contribution in [0.1, 0.15) is 46.0 Å². The first-order valence-electron chi connectivity index (χ1n) is 6.24. The SMILES string of the molecule is CCCCCCNCC1(O)CCOC1C. The molecule has 3 nitrogen and oxygen atoms in total. The molecule has 0 aromatic heterocycles. The lowest BCUT2D eigenvalue weighted by molar-refractivity contribution is -0.0260. The van der Waals surface area contributed by atoms with Crippen LogP contribution in [0.3, 0.4) is 0 Å². The van der Waals surface area contributed by atoms with Crippen molar-refractivity contribution in [2.45, 2.75) is 57.7 Å². The van der Waals surface area contributed by atoms with Crippen LogP contribution < -0.4 is 5.32 Å². The van der Waals surface area contributed by atoms with Crippen molar-refractivity contribution in [3.05, 3.63) is 0 Å². The first-order chi connectivity index (χ1) is 7.19. The van der Waals surface area contributed by atoms with Gasteiger partial charge in [0.2, 0.25) is 0 Å². The molecule has 15 heavy (non-hydrogen) atoms. The number of hydrogen-bond donors (Lipinski definition) is 2. The van der Waals surface area contributed by atoms with E-state index < -0.39 is 5.60 Å². The standard InChI is InChI=1S/C12H25NO2/c1-3-4-5-6-8-13-10-12(14)7-9-15-11(12)2/h11,13-14H,3-10H2,1-2H3. The fraction of sp³-hybridized carbons (Fsp3) is 1.00. The van der Waals surface area contributed by atoms with E-state index in [-0.39, 0.29) is 6.10 Å². The molecule has 2 unspecified atom stereocenters. The van der Waals surface area contributed by atoms with Gasteiger partial charge in [-0.2, -0.15) is 0 Å². The van der Waals surface area contributed by atoms with Crippen molar-refractivity contribution in [1.29, 1.82) is 0 Å². The Balaban J connectivity index is 2.04. The maximum atomic E-state index is 10.2. The molecule has 0 radical (unpaired) electrons. The van der Waals surface area contributed by atoms with Crippen molar-refractivity contribution in [3.8, 4) is 0 Å². The van der Waals surface area contributed by atoms with Crippen LogP contribution in [0.2, 0.25) is 0 Å². The normalized spacial score (nSPS) is 31.0. The zero-order valence-electron chi connectivity index (χ0n) is 10.1. The van der Waals surface area contributed by atoms with Gasteiger partial charge in [-0.05, 0) is 19.9 Å². The highest BCUT2D eigenvalue weighted by Gasteiger charge is 2.38. The van der Waals surface area contributed by atoms with Gasteiger partial charge in [-0.25, -0.2) is 0 Å². The van der Waals surface area contributed by atoms with Crippen molar-refractivity contribution in [3.63, 3.8) is 0 Å². The average molecular weight is 215 g/mol. The minimum absolute atomic E-state index is 0.0272. The monoisotopic (exact) mass is 215 g/mol. The van der Waals surface area contributed by atoms with Gasteiger partial charge >= 0.3 is 0 Å². The highest BCUT2D eigenvalue weighted by atomic mass is 16.5. The van der Waals surface area contributed by atoms with Gasteiger partial charge in [-0.15, -0.1) is 0 Å². The van der Waals surface area contributed by atoms with Crippen LogP contribution in [-0.4, -0.2) is 36.5 Å². The summed E-state index contributed by atoms with van der Waals surface area (Å²) in [4.78, 5) is 0. The summed E-state index contributed by atoms with van der Waals surface area (Å²) in [5.74, 6) is 0. The number of ether oxygens (including phenoxy) is 1. The van der Waals surface area contributed by atoms with Gasteiger partial charge in [0.15, 0.2) is 0 Å². The number of unbranched alkanes of at least 4 members (excludes halogenated alkanes) is 3. The molecule has 0 saturated carbocycles. The third-order valence-corrected chi connectivity index (χ3v) is 3.30. The van der Waals surface area contributed by atoms with Crippen LogP contribution in [0.4, 0.5) is 0 Å². The summed E-state index contributed by atoms with van der Waals surface area (Å²) in [5.41, 5.74) is -0.634. The molecular weight excluding hydrogens is 190 g/mol. The Hall–Kier alpha value is -0.120. The molecule has 0 aromatic carbocycles. The summed E-state index contributed by atoms with van der Waals surface area (Å²) in [6.45, 7) is 6.53. The van der Waals surface area contributed by atoms with E-state index in [2.05, 4.69) is 12.2 Å². The van der Waals surface area contributed by atoms with Gasteiger partial charge in [0.05, 0.1) is 6.10 Å². The molecule has 1 aliphatic rings. The second kappa shape index (κ2) is 6.46. The maximum absolute atomic E-state index is 10.2. The zero-order chi connectivity index (χ0) is 11.1. The first kappa shape index (κ1) is 12.9. The molecule has 0 amide bonds. The molecule has 1 rings (SSSR count). The zero-order valence-corrected chi connectivity index (χ0v) is 10.1. The summed E-state index contributed by atoms with van der Waals surface area (Å²) in [6, 6.07) is 0. The number of rotatable bonds is 7. The molecule has 90 valence electrons. The number of nitrogens with one attached hydrogen (secondary N) is 1. The fourth-order valence-electron chi connectivity index (χ4n) is 1.98. The minimum atomic E-state index is -0.634. The van der Waals surface area contributed by atoms with Crippen LogP contribution >= 0.6 is 0 Å². The summed E-state index contributed by atoms with van der Waals surface area (Å²) in [5, 5.41) is 13.5. The number of aliphatic hydroxyl groups is 1. The smallest absolute Gasteiger partial charge is 0.105 e. The molecule has 0 spiro atoms. The van der Waals surface area contributed by atoms with Crippen molar-refractivity contribution in [1.82, 2.24) is 5.32 Å². The molecule has 3 heteroatoms. The molecule has 1 aliphatic heterocycles. The van der Waals surface area contributed by atoms with Crippen molar-refractivity contribution in [2.75, 3.05) is 19.7 Å². The summed E-state index contributed by atoms with van der Waals surface area (Å²) >= 11 is 0. The molecule has 0 bridgehead atoms. The van der Waals surface area contributed by atoms with Crippen LogP contribution in [-0.2, 0) is 4.74 Å². The summed E-state index contributed by atoms with van der Waals surface area (Å²) < 4.78 is 5.37. The lowest BCUT2D eigenvalue weighted by Gasteiger charge is -2.26. The maximum Gasteiger partial charge on any atom is 0.105 e. The second-order valence-corrected chi connectivity index (χ2v) is 4.60. The Labute approximate surface area is 93.2 Å². The Bertz CT molecular complexity index is 175. The van der Waals surface area contributed by atoms with Crippen LogP contribution in [0.25, 0.3) is 0 Å². The van der Waals surface area contributed by atoms with Crippen molar-refractivity contribution in [2.24, 2.45) is 0 Å². The highest BCUT2D eigenvalue weighted by molar-refractivity contribution is 4.91. The minimum Gasteiger partial charge on any atom is -0.386 e. The lowest BCUT2D eigenvalue weighted by Crippen LogP contribution is -2.46. The Morgan fingerprint density at radius 1 is 1.40 bits per heavy atom. The molecule has 1 fully saturated rings. The predicted molar refractivity (Wildman–Crippen MR) is 62.0 cm³/mol. The molecule has 2 N–H and O–H groups in total.